The van der Waals surface area contributed by atoms with Gasteiger partial charge >= 0.3 is 0 Å². The van der Waals surface area contributed by atoms with Gasteiger partial charge in [-0.2, -0.15) is 0 Å². The lowest BCUT2D eigenvalue weighted by Crippen LogP contribution is -2.49. The van der Waals surface area contributed by atoms with Crippen LogP contribution in [0.1, 0.15) is 13.8 Å². The first-order valence-electron chi connectivity index (χ1n) is 5.91. The highest BCUT2D eigenvalue weighted by atomic mass is 16.5. The van der Waals surface area contributed by atoms with Crippen LogP contribution >= 0.6 is 0 Å². The van der Waals surface area contributed by atoms with E-state index in [1.165, 1.54) is 0 Å². The van der Waals surface area contributed by atoms with Crippen LogP contribution in [0.5, 0.6) is 0 Å². The van der Waals surface area contributed by atoms with Crippen molar-refractivity contribution >= 4 is 11.8 Å². The van der Waals surface area contributed by atoms with Gasteiger partial charge in [0.25, 0.3) is 0 Å². The Kier molecular flexibility index (Phi) is 5.37. The number of ether oxygens (including phenoxy) is 1. The summed E-state index contributed by atoms with van der Waals surface area (Å²) in [4.78, 5) is 24.9. The summed E-state index contributed by atoms with van der Waals surface area (Å²) in [5, 5.41) is 2.56. The third-order valence-electron chi connectivity index (χ3n) is 2.80. The molecule has 0 spiro atoms. The van der Waals surface area contributed by atoms with Gasteiger partial charge in [-0.25, -0.2) is 0 Å². The lowest BCUT2D eigenvalue weighted by Gasteiger charge is -2.27. The summed E-state index contributed by atoms with van der Waals surface area (Å²) in [7, 11) is 0. The van der Waals surface area contributed by atoms with E-state index in [0.717, 1.165) is 0 Å². The van der Waals surface area contributed by atoms with Crippen LogP contribution in [0.3, 0.4) is 0 Å². The van der Waals surface area contributed by atoms with Gasteiger partial charge in [0.1, 0.15) is 0 Å². The summed E-state index contributed by atoms with van der Waals surface area (Å²) >= 11 is 0. The molecule has 17 heavy (non-hydrogen) atoms. The molecule has 0 aromatic heterocycles. The molecule has 1 aliphatic heterocycles. The zero-order valence-electron chi connectivity index (χ0n) is 10.4. The molecule has 1 heterocycles. The quantitative estimate of drug-likeness (QED) is 0.659. The third-order valence-corrected chi connectivity index (χ3v) is 2.80. The Morgan fingerprint density at radius 3 is 2.47 bits per heavy atom. The van der Waals surface area contributed by atoms with E-state index in [1.54, 1.807) is 4.90 Å². The van der Waals surface area contributed by atoms with Crippen molar-refractivity contribution < 1.29 is 14.3 Å². The minimum absolute atomic E-state index is 0.0131. The number of carbonyl (C=O) groups is 2. The Morgan fingerprint density at radius 1 is 1.35 bits per heavy atom. The predicted octanol–water partition coefficient (Wildman–Crippen LogP) is -1.06. The number of rotatable bonds is 4. The van der Waals surface area contributed by atoms with E-state index < -0.39 is 6.04 Å². The average molecular weight is 243 g/mol. The van der Waals surface area contributed by atoms with Crippen molar-refractivity contribution in [3.63, 3.8) is 0 Å². The summed E-state index contributed by atoms with van der Waals surface area (Å²) in [5.74, 6) is -0.298. The van der Waals surface area contributed by atoms with E-state index in [4.69, 9.17) is 10.5 Å². The van der Waals surface area contributed by atoms with Crippen molar-refractivity contribution in [2.24, 2.45) is 11.7 Å². The molecular weight excluding hydrogens is 222 g/mol. The van der Waals surface area contributed by atoms with Crippen LogP contribution in [0.15, 0.2) is 0 Å². The smallest absolute Gasteiger partial charge is 0.242 e. The molecule has 1 fully saturated rings. The number of nitrogens with one attached hydrogen (secondary N) is 1. The number of hydrogen-bond acceptors (Lipinski definition) is 4. The molecule has 0 bridgehead atoms. The van der Waals surface area contributed by atoms with Crippen LogP contribution in [0.4, 0.5) is 0 Å². The van der Waals surface area contributed by atoms with Crippen molar-refractivity contribution in [1.82, 2.24) is 10.2 Å². The molecule has 6 heteroatoms. The Bertz CT molecular complexity index is 275. The zero-order valence-corrected chi connectivity index (χ0v) is 10.4. The second-order valence-electron chi connectivity index (χ2n) is 4.48. The highest BCUT2D eigenvalue weighted by Gasteiger charge is 2.20. The summed E-state index contributed by atoms with van der Waals surface area (Å²) in [6.07, 6.45) is 0. The van der Waals surface area contributed by atoms with Gasteiger partial charge in [0.05, 0.1) is 25.8 Å². The van der Waals surface area contributed by atoms with E-state index >= 15 is 0 Å². The van der Waals surface area contributed by atoms with Crippen LogP contribution in [0.25, 0.3) is 0 Å². The fourth-order valence-corrected chi connectivity index (χ4v) is 1.51. The number of morpholine rings is 1. The molecule has 6 nitrogen and oxygen atoms in total. The maximum atomic E-state index is 11.7. The first-order valence-corrected chi connectivity index (χ1v) is 5.91. The third kappa shape index (κ3) is 4.32. The van der Waals surface area contributed by atoms with Crippen molar-refractivity contribution in [3.8, 4) is 0 Å². The van der Waals surface area contributed by atoms with E-state index in [0.29, 0.717) is 26.3 Å². The first-order chi connectivity index (χ1) is 8.02. The zero-order chi connectivity index (χ0) is 12.8. The van der Waals surface area contributed by atoms with Gasteiger partial charge in [0.2, 0.25) is 11.8 Å². The number of carbonyl (C=O) groups excluding carboxylic acids is 2. The van der Waals surface area contributed by atoms with Crippen molar-refractivity contribution in [1.29, 1.82) is 0 Å². The highest BCUT2D eigenvalue weighted by molar-refractivity contribution is 5.87. The van der Waals surface area contributed by atoms with Gasteiger partial charge < -0.3 is 20.7 Å². The van der Waals surface area contributed by atoms with Crippen molar-refractivity contribution in [2.45, 2.75) is 19.9 Å². The monoisotopic (exact) mass is 243 g/mol. The largest absolute Gasteiger partial charge is 0.378 e. The molecule has 0 aromatic carbocycles. The molecule has 1 rings (SSSR count). The van der Waals surface area contributed by atoms with E-state index in [2.05, 4.69) is 5.32 Å². The topological polar surface area (TPSA) is 84.7 Å². The number of nitrogens with zero attached hydrogens (tertiary/aromatic N) is 1. The summed E-state index contributed by atoms with van der Waals surface area (Å²) in [6, 6.07) is -0.563. The number of nitrogens with two attached hydrogens (primary N) is 1. The lowest BCUT2D eigenvalue weighted by molar-refractivity contribution is -0.136. The highest BCUT2D eigenvalue weighted by Crippen LogP contribution is 1.99. The molecule has 3 N–H and O–H groups in total. The van der Waals surface area contributed by atoms with Gasteiger partial charge in [0.15, 0.2) is 0 Å². The van der Waals surface area contributed by atoms with Gasteiger partial charge in [-0.15, -0.1) is 0 Å². The second-order valence-corrected chi connectivity index (χ2v) is 4.48. The van der Waals surface area contributed by atoms with Gasteiger partial charge in [-0.3, -0.25) is 9.59 Å². The van der Waals surface area contributed by atoms with Gasteiger partial charge in [-0.05, 0) is 5.92 Å². The van der Waals surface area contributed by atoms with Gasteiger partial charge in [0, 0.05) is 13.1 Å². The van der Waals surface area contributed by atoms with Crippen LogP contribution < -0.4 is 11.1 Å². The molecule has 1 saturated heterocycles. The molecule has 0 radical (unpaired) electrons. The van der Waals surface area contributed by atoms with Crippen LogP contribution in [0.2, 0.25) is 0 Å². The molecule has 0 aliphatic carbocycles. The minimum atomic E-state index is -0.563. The predicted molar refractivity (Wildman–Crippen MR) is 63.2 cm³/mol. The molecule has 98 valence electrons. The lowest BCUT2D eigenvalue weighted by atomic mass is 10.1. The average Bonchev–Trinajstić information content (AvgIpc) is 2.35. The SMILES string of the molecule is CC(C)[C@@H](N)C(=O)NCC(=O)N1CCOCC1. The van der Waals surface area contributed by atoms with E-state index in [1.807, 2.05) is 13.8 Å². The summed E-state index contributed by atoms with van der Waals surface area (Å²) in [5.41, 5.74) is 5.67. The maximum absolute atomic E-state index is 11.7. The normalized spacial score (nSPS) is 18.0. The molecule has 2 amide bonds. The number of amides is 2. The van der Waals surface area contributed by atoms with Crippen LogP contribution in [-0.4, -0.2) is 55.6 Å². The van der Waals surface area contributed by atoms with E-state index in [-0.39, 0.29) is 24.3 Å². The fourth-order valence-electron chi connectivity index (χ4n) is 1.51. The standard InChI is InChI=1S/C11H21N3O3/c1-8(2)10(12)11(16)13-7-9(15)14-3-5-17-6-4-14/h8,10H,3-7,12H2,1-2H3,(H,13,16)/t10-/m1/s1. The van der Waals surface area contributed by atoms with Crippen molar-refractivity contribution in [2.75, 3.05) is 32.8 Å². The molecule has 1 atom stereocenters. The molecule has 1 aliphatic rings. The molecule has 0 unspecified atom stereocenters. The van der Waals surface area contributed by atoms with Crippen molar-refractivity contribution in [3.05, 3.63) is 0 Å². The number of hydrogen-bond donors (Lipinski definition) is 2. The molecule has 0 aromatic rings. The van der Waals surface area contributed by atoms with Gasteiger partial charge in [-0.1, -0.05) is 13.8 Å². The van der Waals surface area contributed by atoms with E-state index in [9.17, 15) is 9.59 Å². The van der Waals surface area contributed by atoms with Crippen LogP contribution in [-0.2, 0) is 14.3 Å². The Labute approximate surface area is 101 Å². The van der Waals surface area contributed by atoms with Crippen LogP contribution in [0, 0.1) is 5.92 Å². The molecule has 0 saturated carbocycles. The Balaban J connectivity index is 2.29. The minimum Gasteiger partial charge on any atom is -0.378 e. The summed E-state index contributed by atoms with van der Waals surface area (Å²) < 4.78 is 5.14. The second kappa shape index (κ2) is 6.56. The Morgan fingerprint density at radius 2 is 1.94 bits per heavy atom. The fraction of sp³-hybridized carbons (Fsp3) is 0.818. The molecular formula is C11H21N3O3. The maximum Gasteiger partial charge on any atom is 0.242 e. The summed E-state index contributed by atoms with van der Waals surface area (Å²) in [6.45, 7) is 6.05. The first kappa shape index (κ1) is 13.9. The Hall–Kier alpha value is -1.14.